The molecule has 1 heterocycles. The molecule has 0 unspecified atom stereocenters. The molecule has 0 radical (unpaired) electrons. The number of aryl methyl sites for hydroxylation is 2. The normalized spacial score (nSPS) is 11.8. The van der Waals surface area contributed by atoms with Gasteiger partial charge in [0, 0.05) is 28.1 Å². The summed E-state index contributed by atoms with van der Waals surface area (Å²) >= 11 is 6.23. The van der Waals surface area contributed by atoms with E-state index in [9.17, 15) is 9.59 Å². The van der Waals surface area contributed by atoms with Gasteiger partial charge >= 0.3 is 0 Å². The molecule has 0 aliphatic heterocycles. The Balaban J connectivity index is 1.30. The molecule has 1 aliphatic rings. The first-order valence-corrected chi connectivity index (χ1v) is 13.1. The van der Waals surface area contributed by atoms with Crippen LogP contribution in [0.1, 0.15) is 37.5 Å². The van der Waals surface area contributed by atoms with E-state index in [-0.39, 0.29) is 11.8 Å². The van der Waals surface area contributed by atoms with E-state index in [1.807, 2.05) is 66.2 Å². The van der Waals surface area contributed by atoms with Crippen LogP contribution in [0.5, 0.6) is 0 Å². The summed E-state index contributed by atoms with van der Waals surface area (Å²) in [6.07, 6.45) is 1.79. The number of anilines is 2. The van der Waals surface area contributed by atoms with Crippen molar-refractivity contribution in [2.75, 3.05) is 10.6 Å². The summed E-state index contributed by atoms with van der Waals surface area (Å²) in [5.41, 5.74) is 8.73. The zero-order chi connectivity index (χ0) is 26.9. The second-order valence-electron chi connectivity index (χ2n) is 9.50. The number of carbonyl (C=O) groups excluding carboxylic acids is 2. The Morgan fingerprint density at radius 2 is 1.49 bits per heavy atom. The van der Waals surface area contributed by atoms with E-state index in [1.54, 1.807) is 36.4 Å². The number of aromatic nitrogens is 2. The zero-order valence-corrected chi connectivity index (χ0v) is 22.0. The van der Waals surface area contributed by atoms with Crippen molar-refractivity contribution in [1.29, 1.82) is 0 Å². The Hall–Kier alpha value is -4.68. The highest BCUT2D eigenvalue weighted by Gasteiger charge is 2.25. The summed E-state index contributed by atoms with van der Waals surface area (Å²) in [5, 5.41) is 11.2. The smallest absolute Gasteiger partial charge is 0.257 e. The van der Waals surface area contributed by atoms with Gasteiger partial charge in [0.05, 0.1) is 27.7 Å². The third kappa shape index (κ3) is 4.82. The maximum atomic E-state index is 12.9. The van der Waals surface area contributed by atoms with Gasteiger partial charge in [0.25, 0.3) is 11.8 Å². The number of carbonyl (C=O) groups is 2. The molecule has 4 aromatic carbocycles. The van der Waals surface area contributed by atoms with Crippen LogP contribution in [0.3, 0.4) is 0 Å². The summed E-state index contributed by atoms with van der Waals surface area (Å²) in [4.78, 5) is 25.4. The predicted octanol–water partition coefficient (Wildman–Crippen LogP) is 7.10. The van der Waals surface area contributed by atoms with Crippen LogP contribution in [0.15, 0.2) is 97.1 Å². The number of amides is 2. The molecule has 6 nitrogen and oxygen atoms in total. The van der Waals surface area contributed by atoms with Gasteiger partial charge < -0.3 is 10.6 Å². The summed E-state index contributed by atoms with van der Waals surface area (Å²) in [6.45, 7) is 2.03. The fraction of sp³-hybridized carbons (Fsp3) is 0.0938. The highest BCUT2D eigenvalue weighted by molar-refractivity contribution is 6.34. The quantitative estimate of drug-likeness (QED) is 0.253. The van der Waals surface area contributed by atoms with Crippen molar-refractivity contribution in [1.82, 2.24) is 9.78 Å². The van der Waals surface area contributed by atoms with Crippen LogP contribution in [0.25, 0.3) is 16.9 Å². The number of nitrogens with one attached hydrogen (secondary N) is 2. The van der Waals surface area contributed by atoms with Crippen LogP contribution >= 0.6 is 11.6 Å². The van der Waals surface area contributed by atoms with Crippen molar-refractivity contribution < 1.29 is 9.59 Å². The van der Waals surface area contributed by atoms with E-state index in [2.05, 4.69) is 16.7 Å². The molecule has 192 valence electrons. The lowest BCUT2D eigenvalue weighted by molar-refractivity contribution is 0.101. The van der Waals surface area contributed by atoms with Crippen molar-refractivity contribution in [3.05, 3.63) is 130 Å². The Morgan fingerprint density at radius 3 is 2.26 bits per heavy atom. The van der Waals surface area contributed by atoms with Gasteiger partial charge in [-0.05, 0) is 86.0 Å². The lowest BCUT2D eigenvalue weighted by Gasteiger charge is -2.20. The molecule has 5 aromatic rings. The van der Waals surface area contributed by atoms with Crippen molar-refractivity contribution in [2.45, 2.75) is 19.8 Å². The van der Waals surface area contributed by atoms with Crippen molar-refractivity contribution >= 4 is 34.8 Å². The number of nitrogens with zero attached hydrogens (tertiary/aromatic N) is 2. The second kappa shape index (κ2) is 10.2. The number of hydrogen-bond donors (Lipinski definition) is 2. The molecule has 1 aliphatic carbocycles. The molecule has 2 N–H and O–H groups in total. The Kier molecular flexibility index (Phi) is 6.47. The highest BCUT2D eigenvalue weighted by atomic mass is 35.5. The van der Waals surface area contributed by atoms with Crippen LogP contribution in [0.4, 0.5) is 11.4 Å². The van der Waals surface area contributed by atoms with E-state index >= 15 is 0 Å². The zero-order valence-electron chi connectivity index (χ0n) is 21.2. The molecule has 0 saturated heterocycles. The van der Waals surface area contributed by atoms with Gasteiger partial charge in [0.1, 0.15) is 0 Å². The van der Waals surface area contributed by atoms with Gasteiger partial charge in [0.15, 0.2) is 0 Å². The van der Waals surface area contributed by atoms with Crippen molar-refractivity contribution in [2.24, 2.45) is 0 Å². The predicted molar refractivity (Wildman–Crippen MR) is 155 cm³/mol. The van der Waals surface area contributed by atoms with Crippen LogP contribution in [0, 0.1) is 6.92 Å². The van der Waals surface area contributed by atoms with Crippen LogP contribution < -0.4 is 10.6 Å². The number of fused-ring (bicyclic) bond motifs is 3. The monoisotopic (exact) mass is 532 g/mol. The maximum absolute atomic E-state index is 12.9. The van der Waals surface area contributed by atoms with E-state index in [0.717, 1.165) is 35.5 Å². The summed E-state index contributed by atoms with van der Waals surface area (Å²) < 4.78 is 1.95. The Labute approximate surface area is 231 Å². The molecule has 1 aromatic heterocycles. The molecule has 7 heteroatoms. The third-order valence-electron chi connectivity index (χ3n) is 6.98. The summed E-state index contributed by atoms with van der Waals surface area (Å²) in [6, 6.07) is 29.8. The highest BCUT2D eigenvalue weighted by Crippen LogP contribution is 2.38. The average Bonchev–Trinajstić information content (AvgIpc) is 3.30. The minimum absolute atomic E-state index is 0.157. The van der Waals surface area contributed by atoms with Crippen molar-refractivity contribution in [3.8, 4) is 16.9 Å². The van der Waals surface area contributed by atoms with E-state index < -0.39 is 0 Å². The molecule has 39 heavy (non-hydrogen) atoms. The minimum Gasteiger partial charge on any atom is -0.322 e. The molecule has 6 rings (SSSR count). The first-order chi connectivity index (χ1) is 19.0. The van der Waals surface area contributed by atoms with Gasteiger partial charge in [-0.15, -0.1) is 0 Å². The number of benzene rings is 4. The van der Waals surface area contributed by atoms with Gasteiger partial charge in [0.2, 0.25) is 0 Å². The fourth-order valence-corrected chi connectivity index (χ4v) is 5.22. The average molecular weight is 533 g/mol. The number of hydrogen-bond acceptors (Lipinski definition) is 3. The molecular formula is C32H25ClN4O2. The van der Waals surface area contributed by atoms with E-state index in [1.165, 1.54) is 11.1 Å². The molecule has 0 bridgehead atoms. The van der Waals surface area contributed by atoms with Crippen LogP contribution in [-0.2, 0) is 12.8 Å². The van der Waals surface area contributed by atoms with Crippen LogP contribution in [-0.4, -0.2) is 21.6 Å². The van der Waals surface area contributed by atoms with Gasteiger partial charge in [-0.3, -0.25) is 9.59 Å². The molecule has 2 amide bonds. The minimum atomic E-state index is -0.255. The third-order valence-corrected chi connectivity index (χ3v) is 7.31. The fourth-order valence-electron chi connectivity index (χ4n) is 5.00. The van der Waals surface area contributed by atoms with Crippen LogP contribution in [0.2, 0.25) is 5.02 Å². The first-order valence-electron chi connectivity index (χ1n) is 12.7. The molecule has 0 fully saturated rings. The lowest BCUT2D eigenvalue weighted by Crippen LogP contribution is -2.14. The SMILES string of the molecule is Cc1nn(-c2ccc(NC(=O)c3ccccc3)cc2)c2c1CCc1ccc(NC(=O)c3ccccc3Cl)cc1-2. The maximum Gasteiger partial charge on any atom is 0.257 e. The lowest BCUT2D eigenvalue weighted by atomic mass is 9.88. The molecular weight excluding hydrogens is 508 g/mol. The van der Waals surface area contributed by atoms with E-state index in [0.29, 0.717) is 27.5 Å². The topological polar surface area (TPSA) is 76.0 Å². The Morgan fingerprint density at radius 1 is 0.795 bits per heavy atom. The summed E-state index contributed by atoms with van der Waals surface area (Å²) in [7, 11) is 0. The number of rotatable bonds is 5. The molecule has 0 spiro atoms. The van der Waals surface area contributed by atoms with Gasteiger partial charge in [-0.1, -0.05) is 48.0 Å². The van der Waals surface area contributed by atoms with Gasteiger partial charge in [-0.2, -0.15) is 5.10 Å². The molecule has 0 saturated carbocycles. The first kappa shape index (κ1) is 24.6. The summed E-state index contributed by atoms with van der Waals surface area (Å²) in [5.74, 6) is -0.412. The number of halogens is 1. The molecule has 0 atom stereocenters. The van der Waals surface area contributed by atoms with Crippen molar-refractivity contribution in [3.63, 3.8) is 0 Å². The standard InChI is InChI=1S/C32H25ClN4O2/c1-20-26-18-12-21-11-13-24(35-32(39)27-9-5-6-10-29(27)33)19-28(21)30(26)37(36-20)25-16-14-23(15-17-25)34-31(38)22-7-3-2-4-8-22/h2-11,13-17,19H,12,18H2,1H3,(H,34,38)(H,35,39). The Bertz CT molecular complexity index is 1710. The van der Waals surface area contributed by atoms with Gasteiger partial charge in [-0.25, -0.2) is 4.68 Å². The second-order valence-corrected chi connectivity index (χ2v) is 9.90. The van der Waals surface area contributed by atoms with E-state index in [4.69, 9.17) is 16.7 Å². The largest absolute Gasteiger partial charge is 0.322 e.